The lowest BCUT2D eigenvalue weighted by Gasteiger charge is -2.13. The first-order chi connectivity index (χ1) is 10.5. The van der Waals surface area contributed by atoms with Crippen LogP contribution in [0.2, 0.25) is 0 Å². The fourth-order valence-corrected chi connectivity index (χ4v) is 3.08. The van der Waals surface area contributed by atoms with Gasteiger partial charge in [0.25, 0.3) is 5.82 Å². The summed E-state index contributed by atoms with van der Waals surface area (Å²) in [5.41, 5.74) is -0.126. The SMILES string of the molecule is C=C[n+]1c(C)[nH]c2c(CCCS(=O)(=O)[O-])c(C(F)(F)F)ccc21. The Kier molecular flexibility index (Phi) is 4.54. The smallest absolute Gasteiger partial charge is 0.416 e. The van der Waals surface area contributed by atoms with E-state index in [2.05, 4.69) is 11.6 Å². The molecule has 0 atom stereocenters. The molecule has 0 amide bonds. The van der Waals surface area contributed by atoms with E-state index < -0.39 is 27.6 Å². The van der Waals surface area contributed by atoms with Crippen molar-refractivity contribution in [2.24, 2.45) is 0 Å². The van der Waals surface area contributed by atoms with E-state index in [9.17, 15) is 26.1 Å². The number of aromatic nitrogens is 2. The van der Waals surface area contributed by atoms with Crippen molar-refractivity contribution in [2.45, 2.75) is 25.9 Å². The van der Waals surface area contributed by atoms with Gasteiger partial charge in [-0.05, 0) is 25.0 Å². The minimum atomic E-state index is -4.57. The number of nitrogens with one attached hydrogen (secondary N) is 1. The lowest BCUT2D eigenvalue weighted by atomic mass is 10.0. The van der Waals surface area contributed by atoms with Gasteiger partial charge >= 0.3 is 6.18 Å². The topological polar surface area (TPSA) is 76.9 Å². The third kappa shape index (κ3) is 3.73. The van der Waals surface area contributed by atoms with E-state index in [1.54, 1.807) is 11.5 Å². The Morgan fingerprint density at radius 3 is 2.57 bits per heavy atom. The van der Waals surface area contributed by atoms with Crippen LogP contribution in [0.4, 0.5) is 13.2 Å². The van der Waals surface area contributed by atoms with Crippen LogP contribution in [0.25, 0.3) is 17.2 Å². The molecular weight excluding hydrogens is 333 g/mol. The van der Waals surface area contributed by atoms with Crippen LogP contribution in [0.1, 0.15) is 23.4 Å². The van der Waals surface area contributed by atoms with Crippen LogP contribution in [-0.4, -0.2) is 23.7 Å². The number of aryl methyl sites for hydroxylation is 2. The number of alkyl halides is 3. The van der Waals surface area contributed by atoms with Crippen molar-refractivity contribution in [3.05, 3.63) is 35.7 Å². The number of hydrogen-bond acceptors (Lipinski definition) is 3. The Balaban J connectivity index is 2.58. The number of benzene rings is 1. The van der Waals surface area contributed by atoms with E-state index in [0.717, 1.165) is 6.07 Å². The first-order valence-electron chi connectivity index (χ1n) is 6.73. The highest BCUT2D eigenvalue weighted by atomic mass is 32.2. The molecule has 126 valence electrons. The summed E-state index contributed by atoms with van der Waals surface area (Å²) in [6.45, 7) is 5.29. The van der Waals surface area contributed by atoms with Crippen molar-refractivity contribution in [1.29, 1.82) is 0 Å². The average Bonchev–Trinajstić information content (AvgIpc) is 2.71. The maximum absolute atomic E-state index is 13.2. The number of H-pyrrole nitrogens is 1. The van der Waals surface area contributed by atoms with Crippen molar-refractivity contribution in [2.75, 3.05) is 5.75 Å². The number of halogens is 3. The van der Waals surface area contributed by atoms with Crippen molar-refractivity contribution >= 4 is 27.4 Å². The molecule has 0 saturated heterocycles. The van der Waals surface area contributed by atoms with Gasteiger partial charge in [-0.2, -0.15) is 13.2 Å². The summed E-state index contributed by atoms with van der Waals surface area (Å²) in [5, 5.41) is 0. The second-order valence-electron chi connectivity index (χ2n) is 5.11. The van der Waals surface area contributed by atoms with Gasteiger partial charge in [0, 0.05) is 18.2 Å². The van der Waals surface area contributed by atoms with Crippen molar-refractivity contribution in [3.8, 4) is 0 Å². The Labute approximate surface area is 131 Å². The Morgan fingerprint density at radius 1 is 1.39 bits per heavy atom. The second-order valence-corrected chi connectivity index (χ2v) is 6.64. The fourth-order valence-electron chi connectivity index (χ4n) is 2.58. The van der Waals surface area contributed by atoms with E-state index in [1.807, 2.05) is 0 Å². The summed E-state index contributed by atoms with van der Waals surface area (Å²) in [7, 11) is -4.47. The summed E-state index contributed by atoms with van der Waals surface area (Å²) in [5.74, 6) is -0.117. The summed E-state index contributed by atoms with van der Waals surface area (Å²) >= 11 is 0. The molecule has 0 aliphatic carbocycles. The van der Waals surface area contributed by atoms with Crippen molar-refractivity contribution < 1.29 is 30.7 Å². The third-order valence-electron chi connectivity index (χ3n) is 3.53. The van der Waals surface area contributed by atoms with Gasteiger partial charge in [0.05, 0.1) is 21.9 Å². The zero-order valence-corrected chi connectivity index (χ0v) is 13.1. The van der Waals surface area contributed by atoms with Crippen LogP contribution in [0, 0.1) is 6.92 Å². The van der Waals surface area contributed by atoms with E-state index in [1.165, 1.54) is 12.3 Å². The highest BCUT2D eigenvalue weighted by Crippen LogP contribution is 2.35. The predicted octanol–water partition coefficient (Wildman–Crippen LogP) is 2.36. The molecule has 0 spiro atoms. The Morgan fingerprint density at radius 2 is 2.04 bits per heavy atom. The molecule has 0 saturated carbocycles. The molecule has 0 bridgehead atoms. The standard InChI is InChI=1S/C14H15F3N2O3S/c1-3-19-9(2)18-13-10(5-4-8-23(20,21)22)11(14(15,16)17)6-7-12(13)19/h3,6-7H,1,4-5,8H2,2H3,(H,20,21,22). The molecule has 9 heteroatoms. The van der Waals surface area contributed by atoms with E-state index >= 15 is 0 Å². The lowest BCUT2D eigenvalue weighted by Crippen LogP contribution is -2.27. The highest BCUT2D eigenvalue weighted by Gasteiger charge is 2.35. The quantitative estimate of drug-likeness (QED) is 0.666. The molecule has 0 radical (unpaired) electrons. The number of imidazole rings is 1. The third-order valence-corrected chi connectivity index (χ3v) is 4.32. The van der Waals surface area contributed by atoms with Crippen LogP contribution in [0.15, 0.2) is 18.7 Å². The first kappa shape index (κ1) is 17.5. The van der Waals surface area contributed by atoms with Gasteiger partial charge in [-0.3, -0.25) is 0 Å². The minimum Gasteiger partial charge on any atom is -0.748 e. The highest BCUT2D eigenvalue weighted by molar-refractivity contribution is 7.85. The normalized spacial score (nSPS) is 12.7. The van der Waals surface area contributed by atoms with E-state index in [-0.39, 0.29) is 23.9 Å². The first-order valence-corrected chi connectivity index (χ1v) is 8.31. The molecule has 0 aliphatic heterocycles. The fraction of sp³-hybridized carbons (Fsp3) is 0.357. The van der Waals surface area contributed by atoms with Crippen LogP contribution in [-0.2, 0) is 22.7 Å². The van der Waals surface area contributed by atoms with Crippen LogP contribution < -0.4 is 4.57 Å². The van der Waals surface area contributed by atoms with Crippen LogP contribution in [0.3, 0.4) is 0 Å². The molecule has 1 aromatic carbocycles. The number of fused-ring (bicyclic) bond motifs is 1. The van der Waals surface area contributed by atoms with Gasteiger partial charge < -0.3 is 4.55 Å². The number of nitrogens with zero attached hydrogens (tertiary/aromatic N) is 1. The number of aromatic amines is 1. The second kappa shape index (κ2) is 5.97. The Hall–Kier alpha value is -1.87. The lowest BCUT2D eigenvalue weighted by molar-refractivity contribution is -0.546. The van der Waals surface area contributed by atoms with Gasteiger partial charge in [0.15, 0.2) is 11.0 Å². The molecule has 0 fully saturated rings. The zero-order valence-electron chi connectivity index (χ0n) is 12.3. The van der Waals surface area contributed by atoms with Crippen molar-refractivity contribution in [3.63, 3.8) is 0 Å². The van der Waals surface area contributed by atoms with Crippen LogP contribution in [0.5, 0.6) is 0 Å². The molecule has 1 heterocycles. The average molecular weight is 348 g/mol. The molecular formula is C14H15F3N2O3S. The van der Waals surface area contributed by atoms with Gasteiger partial charge in [0.2, 0.25) is 0 Å². The maximum atomic E-state index is 13.2. The Bertz CT molecular complexity index is 854. The van der Waals surface area contributed by atoms with E-state index in [0.29, 0.717) is 11.3 Å². The van der Waals surface area contributed by atoms with Crippen molar-refractivity contribution in [1.82, 2.24) is 4.98 Å². The maximum Gasteiger partial charge on any atom is 0.416 e. The molecule has 0 aliphatic rings. The van der Waals surface area contributed by atoms with Gasteiger partial charge in [-0.1, -0.05) is 6.58 Å². The molecule has 23 heavy (non-hydrogen) atoms. The zero-order chi connectivity index (χ0) is 17.4. The summed E-state index contributed by atoms with van der Waals surface area (Å²) in [6, 6.07) is 2.29. The van der Waals surface area contributed by atoms with Crippen LogP contribution >= 0.6 is 0 Å². The molecule has 0 unspecified atom stereocenters. The largest absolute Gasteiger partial charge is 0.748 e. The monoisotopic (exact) mass is 348 g/mol. The summed E-state index contributed by atoms with van der Waals surface area (Å²) < 4.78 is 73.2. The number of hydrogen-bond donors (Lipinski definition) is 1. The summed E-state index contributed by atoms with van der Waals surface area (Å²) in [6.07, 6.45) is -3.46. The van der Waals surface area contributed by atoms with Gasteiger partial charge in [-0.15, -0.1) is 0 Å². The minimum absolute atomic E-state index is 0.0534. The molecule has 1 aromatic heterocycles. The molecule has 2 rings (SSSR count). The molecule has 1 N–H and O–H groups in total. The van der Waals surface area contributed by atoms with E-state index in [4.69, 9.17) is 0 Å². The van der Waals surface area contributed by atoms with Gasteiger partial charge in [-0.25, -0.2) is 18.0 Å². The van der Waals surface area contributed by atoms with Gasteiger partial charge in [0.1, 0.15) is 0 Å². The summed E-state index contributed by atoms with van der Waals surface area (Å²) in [4.78, 5) is 2.87. The number of rotatable bonds is 5. The molecule has 2 aromatic rings. The molecule has 5 nitrogen and oxygen atoms in total. The predicted molar refractivity (Wildman–Crippen MR) is 77.5 cm³/mol.